The van der Waals surface area contributed by atoms with E-state index < -0.39 is 12.0 Å². The van der Waals surface area contributed by atoms with E-state index in [1.54, 1.807) is 26.0 Å². The number of rotatable bonds is 10. The molecule has 0 fully saturated rings. The zero-order chi connectivity index (χ0) is 20.5. The lowest BCUT2D eigenvalue weighted by molar-refractivity contribution is -0.142. The smallest absolute Gasteiger partial charge is 0.326 e. The molecule has 0 aliphatic heterocycles. The summed E-state index contributed by atoms with van der Waals surface area (Å²) in [6, 6.07) is 12.1. The van der Waals surface area contributed by atoms with Crippen LogP contribution in [0, 0.1) is 5.92 Å². The van der Waals surface area contributed by atoms with Crippen LogP contribution in [-0.2, 0) is 22.4 Å². The van der Waals surface area contributed by atoms with E-state index in [1.165, 1.54) is 0 Å². The molecule has 0 radical (unpaired) electrons. The molecule has 0 saturated carbocycles. The summed E-state index contributed by atoms with van der Waals surface area (Å²) in [6.45, 7) is 3.94. The summed E-state index contributed by atoms with van der Waals surface area (Å²) in [5.74, 6) is -0.0687. The second-order valence-corrected chi connectivity index (χ2v) is 6.76. The van der Waals surface area contributed by atoms with Crippen LogP contribution in [0.15, 0.2) is 42.5 Å². The molecule has 1 amide bonds. The van der Waals surface area contributed by atoms with Gasteiger partial charge in [0.15, 0.2) is 0 Å². The van der Waals surface area contributed by atoms with E-state index in [4.69, 9.17) is 4.74 Å². The van der Waals surface area contributed by atoms with Gasteiger partial charge in [0, 0.05) is 31.5 Å². The minimum Gasteiger partial charge on any atom is -0.493 e. The molecule has 3 N–H and O–H groups in total. The molecule has 150 valence electrons. The normalized spacial score (nSPS) is 11.7. The van der Waals surface area contributed by atoms with Gasteiger partial charge in [-0.25, -0.2) is 9.78 Å². The number of ether oxygens (including phenoxy) is 1. The van der Waals surface area contributed by atoms with Crippen molar-refractivity contribution in [2.24, 2.45) is 5.92 Å². The first-order valence-corrected chi connectivity index (χ1v) is 9.27. The molecule has 7 nitrogen and oxygen atoms in total. The maximum absolute atomic E-state index is 11.8. The maximum Gasteiger partial charge on any atom is 0.326 e. The Labute approximate surface area is 165 Å². The Morgan fingerprint density at radius 3 is 2.46 bits per heavy atom. The maximum atomic E-state index is 11.8. The fraction of sp³-hybridized carbons (Fsp3) is 0.381. The van der Waals surface area contributed by atoms with Crippen LogP contribution < -0.4 is 15.4 Å². The Balaban J connectivity index is 1.87. The number of carboxylic acid groups (broad SMARTS) is 1. The average Bonchev–Trinajstić information content (AvgIpc) is 2.68. The number of carbonyl (C=O) groups is 2. The molecular weight excluding hydrogens is 358 g/mol. The Bertz CT molecular complexity index is 790. The van der Waals surface area contributed by atoms with Crippen molar-refractivity contribution in [1.82, 2.24) is 10.3 Å². The van der Waals surface area contributed by atoms with E-state index in [9.17, 15) is 14.7 Å². The van der Waals surface area contributed by atoms with Gasteiger partial charge in [0.1, 0.15) is 17.6 Å². The van der Waals surface area contributed by atoms with Crippen molar-refractivity contribution in [1.29, 1.82) is 0 Å². The summed E-state index contributed by atoms with van der Waals surface area (Å²) < 4.78 is 5.74. The highest BCUT2D eigenvalue weighted by molar-refractivity contribution is 5.84. The Morgan fingerprint density at radius 2 is 1.86 bits per heavy atom. The molecular formula is C21H27N3O4. The van der Waals surface area contributed by atoms with E-state index in [2.05, 4.69) is 15.6 Å². The van der Waals surface area contributed by atoms with Crippen LogP contribution in [0.1, 0.15) is 25.1 Å². The van der Waals surface area contributed by atoms with Crippen LogP contribution in [-0.4, -0.2) is 41.7 Å². The Hall–Kier alpha value is -3.09. The first-order valence-electron chi connectivity index (χ1n) is 9.27. The number of nitrogens with zero attached hydrogens (tertiary/aromatic N) is 1. The zero-order valence-corrected chi connectivity index (χ0v) is 16.4. The number of hydrogen-bond donors (Lipinski definition) is 3. The fourth-order valence-corrected chi connectivity index (χ4v) is 2.53. The van der Waals surface area contributed by atoms with Crippen LogP contribution in [0.5, 0.6) is 5.75 Å². The number of anilines is 1. The van der Waals surface area contributed by atoms with E-state index in [-0.39, 0.29) is 18.2 Å². The van der Waals surface area contributed by atoms with Gasteiger partial charge in [-0.2, -0.15) is 0 Å². The standard InChI is InChI=1S/C21H27N3O4/c1-14(2)20(25)24-18(21(26)27)13-15-7-9-17(10-8-15)28-12-11-16-5-4-6-19(22-3)23-16/h4-10,14,18H,11-13H2,1-3H3,(H,22,23)(H,24,25)(H,26,27)/t18-/m0/s1. The third kappa shape index (κ3) is 6.57. The molecule has 2 aromatic rings. The molecule has 0 saturated heterocycles. The van der Waals surface area contributed by atoms with Crippen LogP contribution >= 0.6 is 0 Å². The number of carboxylic acids is 1. The summed E-state index contributed by atoms with van der Waals surface area (Å²) >= 11 is 0. The van der Waals surface area contributed by atoms with Crippen molar-refractivity contribution in [2.75, 3.05) is 19.0 Å². The highest BCUT2D eigenvalue weighted by atomic mass is 16.5. The van der Waals surface area contributed by atoms with Gasteiger partial charge >= 0.3 is 5.97 Å². The van der Waals surface area contributed by atoms with E-state index >= 15 is 0 Å². The highest BCUT2D eigenvalue weighted by Gasteiger charge is 2.21. The third-order valence-electron chi connectivity index (χ3n) is 4.19. The second-order valence-electron chi connectivity index (χ2n) is 6.76. The molecule has 1 heterocycles. The molecule has 0 spiro atoms. The monoisotopic (exact) mass is 385 g/mol. The Kier molecular flexibility index (Phi) is 7.80. The first-order chi connectivity index (χ1) is 13.4. The summed E-state index contributed by atoms with van der Waals surface area (Å²) in [7, 11) is 1.83. The van der Waals surface area contributed by atoms with Crippen LogP contribution in [0.4, 0.5) is 5.82 Å². The topological polar surface area (TPSA) is 101 Å². The number of aromatic nitrogens is 1. The number of aliphatic carboxylic acids is 1. The number of hydrogen-bond acceptors (Lipinski definition) is 5. The molecule has 1 aromatic heterocycles. The second kappa shape index (κ2) is 10.3. The molecule has 0 aliphatic carbocycles. The van der Waals surface area contributed by atoms with E-state index in [1.807, 2.05) is 37.4 Å². The molecule has 0 bridgehead atoms. The minimum atomic E-state index is -1.05. The molecule has 0 aliphatic rings. The van der Waals surface area contributed by atoms with Gasteiger partial charge in [0.05, 0.1) is 6.61 Å². The van der Waals surface area contributed by atoms with Crippen LogP contribution in [0.3, 0.4) is 0 Å². The lowest BCUT2D eigenvalue weighted by Gasteiger charge is -2.16. The molecule has 1 aromatic carbocycles. The predicted octanol–water partition coefficient (Wildman–Crippen LogP) is 2.51. The van der Waals surface area contributed by atoms with Gasteiger partial charge < -0.3 is 20.5 Å². The number of carbonyl (C=O) groups excluding carboxylic acids is 1. The van der Waals surface area contributed by atoms with Gasteiger partial charge in [0.25, 0.3) is 0 Å². The van der Waals surface area contributed by atoms with Gasteiger partial charge in [-0.15, -0.1) is 0 Å². The van der Waals surface area contributed by atoms with Crippen molar-refractivity contribution in [3.05, 3.63) is 53.7 Å². The van der Waals surface area contributed by atoms with Gasteiger partial charge in [0.2, 0.25) is 5.91 Å². The molecule has 7 heteroatoms. The summed E-state index contributed by atoms with van der Waals surface area (Å²) in [5.41, 5.74) is 1.75. The van der Waals surface area contributed by atoms with Crippen molar-refractivity contribution in [2.45, 2.75) is 32.7 Å². The number of pyridine rings is 1. The zero-order valence-electron chi connectivity index (χ0n) is 16.4. The van der Waals surface area contributed by atoms with Crippen LogP contribution in [0.25, 0.3) is 0 Å². The lowest BCUT2D eigenvalue weighted by Crippen LogP contribution is -2.44. The number of nitrogens with one attached hydrogen (secondary N) is 2. The number of amides is 1. The molecule has 28 heavy (non-hydrogen) atoms. The lowest BCUT2D eigenvalue weighted by atomic mass is 10.0. The average molecular weight is 385 g/mol. The first kappa shape index (κ1) is 21.2. The largest absolute Gasteiger partial charge is 0.493 e. The molecule has 0 unspecified atom stereocenters. The summed E-state index contributed by atoms with van der Waals surface area (Å²) in [4.78, 5) is 27.6. The van der Waals surface area contributed by atoms with Crippen molar-refractivity contribution in [3.63, 3.8) is 0 Å². The van der Waals surface area contributed by atoms with Crippen molar-refractivity contribution in [3.8, 4) is 5.75 Å². The third-order valence-corrected chi connectivity index (χ3v) is 4.19. The Morgan fingerprint density at radius 1 is 1.14 bits per heavy atom. The van der Waals surface area contributed by atoms with Crippen molar-refractivity contribution < 1.29 is 19.4 Å². The van der Waals surface area contributed by atoms with Crippen LogP contribution in [0.2, 0.25) is 0 Å². The van der Waals surface area contributed by atoms with E-state index in [0.29, 0.717) is 18.8 Å². The number of benzene rings is 1. The SMILES string of the molecule is CNc1cccc(CCOc2ccc(C[C@H](NC(=O)C(C)C)C(=O)O)cc2)n1. The van der Waals surface area contributed by atoms with Gasteiger partial charge in [-0.05, 0) is 29.8 Å². The minimum absolute atomic E-state index is 0.217. The fourth-order valence-electron chi connectivity index (χ4n) is 2.53. The highest BCUT2D eigenvalue weighted by Crippen LogP contribution is 2.14. The summed E-state index contributed by atoms with van der Waals surface area (Å²) in [5, 5.41) is 14.9. The van der Waals surface area contributed by atoms with Gasteiger partial charge in [-0.1, -0.05) is 32.0 Å². The van der Waals surface area contributed by atoms with E-state index in [0.717, 1.165) is 17.1 Å². The summed E-state index contributed by atoms with van der Waals surface area (Å²) in [6.07, 6.45) is 0.897. The predicted molar refractivity (Wildman–Crippen MR) is 108 cm³/mol. The van der Waals surface area contributed by atoms with Crippen molar-refractivity contribution >= 4 is 17.7 Å². The quantitative estimate of drug-likeness (QED) is 0.581. The molecule has 2 rings (SSSR count). The molecule has 1 atom stereocenters. The van der Waals surface area contributed by atoms with Gasteiger partial charge in [-0.3, -0.25) is 4.79 Å².